The van der Waals surface area contributed by atoms with Crippen molar-refractivity contribution in [3.63, 3.8) is 0 Å². The molecule has 3 aliphatic carbocycles. The van der Waals surface area contributed by atoms with E-state index in [1.807, 2.05) is 18.2 Å². The van der Waals surface area contributed by atoms with Gasteiger partial charge >= 0.3 is 0 Å². The smallest absolute Gasteiger partial charge is 0.178 e. The van der Waals surface area contributed by atoms with Crippen LogP contribution in [0, 0.1) is 28.6 Å². The van der Waals surface area contributed by atoms with Gasteiger partial charge in [0.15, 0.2) is 5.78 Å². The Bertz CT molecular complexity index is 1220. The Hall–Kier alpha value is -2.39. The minimum absolute atomic E-state index is 0.0137. The second-order valence-corrected chi connectivity index (χ2v) is 12.1. The van der Waals surface area contributed by atoms with Crippen LogP contribution in [0.4, 0.5) is 0 Å². The molecule has 1 aromatic rings. The van der Waals surface area contributed by atoms with E-state index in [4.69, 9.17) is 0 Å². The van der Waals surface area contributed by atoms with Gasteiger partial charge in [-0.1, -0.05) is 68.5 Å². The van der Waals surface area contributed by atoms with E-state index in [1.54, 1.807) is 6.08 Å². The SMILES string of the molecule is C=C.C=C/C=c1/ccc(CCC(=O)CC2(C)CCC3C(CCC4=CC(=O)C=CC43C)C2CCS)c/c1=C/C. The van der Waals surface area contributed by atoms with E-state index < -0.39 is 0 Å². The van der Waals surface area contributed by atoms with Crippen LogP contribution in [0.3, 0.4) is 0 Å². The summed E-state index contributed by atoms with van der Waals surface area (Å²) < 4.78 is 0. The first kappa shape index (κ1) is 30.2. The molecule has 0 spiro atoms. The zero-order valence-electron chi connectivity index (χ0n) is 23.7. The molecule has 5 unspecified atom stereocenters. The summed E-state index contributed by atoms with van der Waals surface area (Å²) >= 11 is 4.65. The lowest BCUT2D eigenvalue weighted by atomic mass is 9.47. The molecule has 2 saturated carbocycles. The van der Waals surface area contributed by atoms with Crippen LogP contribution in [-0.2, 0) is 16.0 Å². The summed E-state index contributed by atoms with van der Waals surface area (Å²) in [4.78, 5) is 25.4. The summed E-state index contributed by atoms with van der Waals surface area (Å²) in [6.07, 6.45) is 19.2. The highest BCUT2D eigenvalue weighted by atomic mass is 32.1. The number of rotatable bonds is 8. The van der Waals surface area contributed by atoms with Gasteiger partial charge in [-0.25, -0.2) is 0 Å². The van der Waals surface area contributed by atoms with Crippen molar-refractivity contribution < 1.29 is 9.59 Å². The van der Waals surface area contributed by atoms with Gasteiger partial charge in [0.2, 0.25) is 0 Å². The maximum Gasteiger partial charge on any atom is 0.178 e. The molecule has 0 bridgehead atoms. The Morgan fingerprint density at radius 2 is 1.95 bits per heavy atom. The highest BCUT2D eigenvalue weighted by Gasteiger charge is 2.54. The number of hydrogen-bond acceptors (Lipinski definition) is 3. The van der Waals surface area contributed by atoms with Gasteiger partial charge in [-0.15, -0.1) is 13.2 Å². The van der Waals surface area contributed by atoms with E-state index in [1.165, 1.54) is 16.4 Å². The molecule has 204 valence electrons. The highest BCUT2D eigenvalue weighted by Crippen LogP contribution is 2.62. The van der Waals surface area contributed by atoms with Gasteiger partial charge in [-0.2, -0.15) is 12.6 Å². The number of carbonyl (C=O) groups excluding carboxylic acids is 2. The third-order valence-corrected chi connectivity index (χ3v) is 9.83. The lowest BCUT2D eigenvalue weighted by Crippen LogP contribution is -2.50. The molecule has 3 aliphatic rings. The molecule has 0 N–H and O–H groups in total. The minimum atomic E-state index is -0.0137. The molecule has 0 saturated heterocycles. The minimum Gasteiger partial charge on any atom is -0.300 e. The molecule has 2 fully saturated rings. The van der Waals surface area contributed by atoms with Crippen LogP contribution in [0.2, 0.25) is 0 Å². The van der Waals surface area contributed by atoms with E-state index in [0.29, 0.717) is 36.4 Å². The lowest BCUT2D eigenvalue weighted by Gasteiger charge is -2.57. The first-order valence-corrected chi connectivity index (χ1v) is 14.8. The average molecular weight is 531 g/mol. The zero-order chi connectivity index (χ0) is 27.9. The summed E-state index contributed by atoms with van der Waals surface area (Å²) in [6, 6.07) is 6.47. The molecule has 0 aliphatic heterocycles. The third kappa shape index (κ3) is 6.25. The zero-order valence-corrected chi connectivity index (χ0v) is 24.6. The number of carbonyl (C=O) groups is 2. The number of fused-ring (bicyclic) bond motifs is 3. The van der Waals surface area contributed by atoms with Crippen LogP contribution >= 0.6 is 12.6 Å². The van der Waals surface area contributed by atoms with Gasteiger partial charge in [0.1, 0.15) is 5.78 Å². The fourth-order valence-corrected chi connectivity index (χ4v) is 7.92. The average Bonchev–Trinajstić information content (AvgIpc) is 2.91. The number of allylic oxidation sites excluding steroid dienone is 5. The quantitative estimate of drug-likeness (QED) is 0.291. The van der Waals surface area contributed by atoms with Crippen LogP contribution in [0.5, 0.6) is 0 Å². The number of ketones is 2. The Morgan fingerprint density at radius 3 is 2.63 bits per heavy atom. The van der Waals surface area contributed by atoms with Gasteiger partial charge in [0.25, 0.3) is 0 Å². The Morgan fingerprint density at radius 1 is 1.18 bits per heavy atom. The molecule has 0 radical (unpaired) electrons. The summed E-state index contributed by atoms with van der Waals surface area (Å²) in [5.41, 5.74) is 2.55. The fourth-order valence-electron chi connectivity index (χ4n) is 7.64. The molecule has 3 heteroatoms. The van der Waals surface area contributed by atoms with Crippen molar-refractivity contribution in [3.8, 4) is 0 Å². The molecule has 0 heterocycles. The molecule has 0 amide bonds. The molecular weight excluding hydrogens is 484 g/mol. The number of aryl methyl sites for hydroxylation is 1. The van der Waals surface area contributed by atoms with Crippen LogP contribution in [0.25, 0.3) is 12.2 Å². The van der Waals surface area contributed by atoms with E-state index in [0.717, 1.165) is 49.5 Å². The predicted octanol–water partition coefficient (Wildman–Crippen LogP) is 6.98. The van der Waals surface area contributed by atoms with Crippen LogP contribution in [-0.4, -0.2) is 17.3 Å². The number of Topliss-reactive ketones (excluding diaryl/α,β-unsaturated/α-hetero) is 1. The highest BCUT2D eigenvalue weighted by molar-refractivity contribution is 7.80. The second-order valence-electron chi connectivity index (χ2n) is 11.7. The third-order valence-electron chi connectivity index (χ3n) is 9.57. The number of benzene rings is 1. The summed E-state index contributed by atoms with van der Waals surface area (Å²) in [6.45, 7) is 16.6. The second kappa shape index (κ2) is 13.1. The van der Waals surface area contributed by atoms with E-state index in [2.05, 4.69) is 83.5 Å². The number of thiol groups is 1. The molecule has 0 aromatic heterocycles. The molecule has 38 heavy (non-hydrogen) atoms. The molecule has 2 nitrogen and oxygen atoms in total. The van der Waals surface area contributed by atoms with Crippen LogP contribution < -0.4 is 10.4 Å². The fraction of sp³-hybridized carbons (Fsp3) is 0.486. The first-order valence-electron chi connectivity index (χ1n) is 14.2. The Kier molecular flexibility index (Phi) is 10.4. The molecule has 4 rings (SSSR count). The molecule has 5 atom stereocenters. The van der Waals surface area contributed by atoms with Gasteiger partial charge in [0.05, 0.1) is 0 Å². The standard InChI is InChI=1S/C33H42O2S.C2H4/c1-5-7-25-10-8-23(20-24(25)6-2)9-12-28(35)22-32(3)17-15-31-29(30(32)16-19-36)13-11-26-21-27(34)14-18-33(26,31)4;1-2/h5-8,10,14,18,20-21,29-31,36H,1,9,11-13,15-17,19,22H2,2-4H3;1-2H2/b24-6-,25-7-;. The lowest BCUT2D eigenvalue weighted by molar-refractivity contribution is -0.125. The van der Waals surface area contributed by atoms with Gasteiger partial charge in [0, 0.05) is 18.3 Å². The van der Waals surface area contributed by atoms with Crippen molar-refractivity contribution in [1.29, 1.82) is 0 Å². The van der Waals surface area contributed by atoms with Gasteiger partial charge < -0.3 is 0 Å². The van der Waals surface area contributed by atoms with Crippen LogP contribution in [0.15, 0.2) is 67.8 Å². The van der Waals surface area contributed by atoms with Crippen molar-refractivity contribution >= 4 is 36.3 Å². The van der Waals surface area contributed by atoms with Crippen molar-refractivity contribution in [2.45, 2.75) is 72.1 Å². The largest absolute Gasteiger partial charge is 0.300 e. The molecule has 1 aromatic carbocycles. The van der Waals surface area contributed by atoms with Crippen LogP contribution in [0.1, 0.15) is 71.3 Å². The normalized spacial score (nSPS) is 31.0. The van der Waals surface area contributed by atoms with Crippen molar-refractivity contribution in [1.82, 2.24) is 0 Å². The summed E-state index contributed by atoms with van der Waals surface area (Å²) in [5, 5.41) is 2.36. The first-order chi connectivity index (χ1) is 18.2. The van der Waals surface area contributed by atoms with Gasteiger partial charge in [-0.3, -0.25) is 9.59 Å². The maximum atomic E-state index is 13.3. The predicted molar refractivity (Wildman–Crippen MR) is 166 cm³/mol. The Balaban J connectivity index is 0.00000195. The maximum absolute atomic E-state index is 13.3. The van der Waals surface area contributed by atoms with Gasteiger partial charge in [-0.05, 0) is 103 Å². The topological polar surface area (TPSA) is 34.1 Å². The van der Waals surface area contributed by atoms with E-state index in [-0.39, 0.29) is 16.6 Å². The van der Waals surface area contributed by atoms with E-state index in [9.17, 15) is 9.59 Å². The molecular formula is C35H46O2S. The summed E-state index contributed by atoms with van der Waals surface area (Å²) in [7, 11) is 0. The van der Waals surface area contributed by atoms with Crippen molar-refractivity contribution in [3.05, 3.63) is 83.8 Å². The monoisotopic (exact) mass is 530 g/mol. The van der Waals surface area contributed by atoms with E-state index >= 15 is 0 Å². The van der Waals surface area contributed by atoms with Crippen molar-refractivity contribution in [2.75, 3.05) is 5.75 Å². The number of hydrogen-bond donors (Lipinski definition) is 1. The Labute approximate surface area is 235 Å². The van der Waals surface area contributed by atoms with Crippen molar-refractivity contribution in [2.24, 2.45) is 28.6 Å². The summed E-state index contributed by atoms with van der Waals surface area (Å²) in [5.74, 6) is 3.00.